The van der Waals surface area contributed by atoms with Crippen molar-refractivity contribution in [2.24, 2.45) is 7.05 Å². The molecule has 0 unspecified atom stereocenters. The van der Waals surface area contributed by atoms with E-state index < -0.39 is 0 Å². The third-order valence-electron chi connectivity index (χ3n) is 4.14. The zero-order valence-electron chi connectivity index (χ0n) is 14.7. The molecule has 0 fully saturated rings. The Bertz CT molecular complexity index is 1070. The van der Waals surface area contributed by atoms with Gasteiger partial charge < -0.3 is 9.84 Å². The van der Waals surface area contributed by atoms with Gasteiger partial charge in [-0.1, -0.05) is 41.6 Å². The number of nitrogens with zero attached hydrogens (tertiary/aromatic N) is 4. The van der Waals surface area contributed by atoms with E-state index in [9.17, 15) is 4.79 Å². The number of rotatable bonds is 5. The van der Waals surface area contributed by atoms with Crippen molar-refractivity contribution in [2.45, 2.75) is 6.54 Å². The van der Waals surface area contributed by atoms with Gasteiger partial charge in [0.25, 0.3) is 5.91 Å². The van der Waals surface area contributed by atoms with Crippen LogP contribution in [-0.4, -0.2) is 25.8 Å². The van der Waals surface area contributed by atoms with Crippen LogP contribution < -0.4 is 5.32 Å². The Kier molecular flexibility index (Phi) is 4.49. The molecular formula is C20H17N5O2. The topological polar surface area (TPSA) is 85.8 Å². The molecule has 0 aliphatic heterocycles. The molecule has 0 aliphatic carbocycles. The van der Waals surface area contributed by atoms with Gasteiger partial charge in [-0.25, -0.2) is 0 Å². The van der Waals surface area contributed by atoms with Crippen molar-refractivity contribution in [3.05, 3.63) is 78.3 Å². The lowest BCUT2D eigenvalue weighted by molar-refractivity contribution is 0.0946. The van der Waals surface area contributed by atoms with Crippen LogP contribution in [0.3, 0.4) is 0 Å². The van der Waals surface area contributed by atoms with Gasteiger partial charge in [-0.05, 0) is 24.3 Å². The van der Waals surface area contributed by atoms with Gasteiger partial charge in [0.05, 0.1) is 12.2 Å². The molecule has 2 aromatic heterocycles. The van der Waals surface area contributed by atoms with Gasteiger partial charge in [-0.15, -0.1) is 0 Å². The fraction of sp³-hybridized carbons (Fsp3) is 0.100. The maximum absolute atomic E-state index is 12.1. The zero-order valence-corrected chi connectivity index (χ0v) is 14.7. The number of carbonyl (C=O) groups is 1. The van der Waals surface area contributed by atoms with Gasteiger partial charge in [0.1, 0.15) is 0 Å². The lowest BCUT2D eigenvalue weighted by Gasteiger charge is -2.03. The van der Waals surface area contributed by atoms with Gasteiger partial charge in [-0.3, -0.25) is 9.48 Å². The largest absolute Gasteiger partial charge is 0.343 e. The van der Waals surface area contributed by atoms with Crippen molar-refractivity contribution in [1.29, 1.82) is 0 Å². The number of hydrogen-bond donors (Lipinski definition) is 1. The first kappa shape index (κ1) is 16.7. The maximum Gasteiger partial charge on any atom is 0.251 e. The number of hydrogen-bond acceptors (Lipinski definition) is 5. The van der Waals surface area contributed by atoms with E-state index in [1.165, 1.54) is 0 Å². The molecule has 7 heteroatoms. The molecule has 134 valence electrons. The molecule has 4 rings (SSSR count). The summed E-state index contributed by atoms with van der Waals surface area (Å²) >= 11 is 0. The summed E-state index contributed by atoms with van der Waals surface area (Å²) < 4.78 is 7.07. The third kappa shape index (κ3) is 3.62. The van der Waals surface area contributed by atoms with E-state index in [1.54, 1.807) is 23.0 Å². The highest BCUT2D eigenvalue weighted by molar-refractivity contribution is 5.93. The highest BCUT2D eigenvalue weighted by Crippen LogP contribution is 2.24. The molecule has 1 N–H and O–H groups in total. The first-order valence-electron chi connectivity index (χ1n) is 8.45. The standard InChI is InChI=1S/C20H17N5O2/c1-25-17(10-11-22-25)15-8-5-9-16(12-15)19-23-18(27-24-19)13-21-20(26)14-6-3-2-4-7-14/h2-12H,13H2,1H3,(H,21,26). The van der Waals surface area contributed by atoms with Crippen LogP contribution >= 0.6 is 0 Å². The predicted octanol–water partition coefficient (Wildman–Crippen LogP) is 3.07. The Balaban J connectivity index is 1.48. The van der Waals surface area contributed by atoms with Crippen molar-refractivity contribution in [3.63, 3.8) is 0 Å². The number of amides is 1. The minimum Gasteiger partial charge on any atom is -0.343 e. The van der Waals surface area contributed by atoms with Crippen LogP contribution in [0.2, 0.25) is 0 Å². The number of benzene rings is 2. The van der Waals surface area contributed by atoms with Gasteiger partial charge in [0, 0.05) is 29.9 Å². The Morgan fingerprint density at radius 3 is 2.67 bits per heavy atom. The van der Waals surface area contributed by atoms with Gasteiger partial charge >= 0.3 is 0 Å². The van der Waals surface area contributed by atoms with Crippen molar-refractivity contribution in [1.82, 2.24) is 25.2 Å². The second kappa shape index (κ2) is 7.25. The summed E-state index contributed by atoms with van der Waals surface area (Å²) in [4.78, 5) is 16.5. The van der Waals surface area contributed by atoms with Crippen molar-refractivity contribution in [3.8, 4) is 22.6 Å². The van der Waals surface area contributed by atoms with E-state index in [2.05, 4.69) is 20.6 Å². The Labute approximate surface area is 155 Å². The average Bonchev–Trinajstić information content (AvgIpc) is 3.36. The highest BCUT2D eigenvalue weighted by Gasteiger charge is 2.12. The van der Waals surface area contributed by atoms with Gasteiger partial charge in [0.15, 0.2) is 0 Å². The number of nitrogens with one attached hydrogen (secondary N) is 1. The molecule has 2 aromatic carbocycles. The van der Waals surface area contributed by atoms with Crippen molar-refractivity contribution >= 4 is 5.91 Å². The summed E-state index contributed by atoms with van der Waals surface area (Å²) in [6.45, 7) is 0.169. The molecule has 0 spiro atoms. The summed E-state index contributed by atoms with van der Waals surface area (Å²) in [5.41, 5.74) is 3.42. The molecule has 1 amide bonds. The van der Waals surface area contributed by atoms with Crippen LogP contribution in [0.25, 0.3) is 22.6 Å². The van der Waals surface area contributed by atoms with E-state index in [4.69, 9.17) is 4.52 Å². The van der Waals surface area contributed by atoms with E-state index in [-0.39, 0.29) is 12.5 Å². The molecule has 2 heterocycles. The monoisotopic (exact) mass is 359 g/mol. The SMILES string of the molecule is Cn1nccc1-c1cccc(-c2noc(CNC(=O)c3ccccc3)n2)c1. The Hall–Kier alpha value is -3.74. The molecular weight excluding hydrogens is 342 g/mol. The molecule has 7 nitrogen and oxygen atoms in total. The van der Waals surface area contributed by atoms with Crippen LogP contribution in [-0.2, 0) is 13.6 Å². The fourth-order valence-electron chi connectivity index (χ4n) is 2.77. The van der Waals surface area contributed by atoms with Crippen molar-refractivity contribution < 1.29 is 9.32 Å². The molecule has 4 aromatic rings. The predicted molar refractivity (Wildman–Crippen MR) is 99.5 cm³/mol. The van der Waals surface area contributed by atoms with Crippen LogP contribution in [0.4, 0.5) is 0 Å². The zero-order chi connectivity index (χ0) is 18.6. The fourth-order valence-corrected chi connectivity index (χ4v) is 2.77. The van der Waals surface area contributed by atoms with Gasteiger partial charge in [-0.2, -0.15) is 10.1 Å². The summed E-state index contributed by atoms with van der Waals surface area (Å²) in [6, 6.07) is 18.8. The normalized spacial score (nSPS) is 10.7. The molecule has 0 radical (unpaired) electrons. The molecule has 0 aliphatic rings. The molecule has 0 saturated carbocycles. The quantitative estimate of drug-likeness (QED) is 0.592. The molecule has 27 heavy (non-hydrogen) atoms. The van der Waals surface area contributed by atoms with Crippen LogP contribution in [0.5, 0.6) is 0 Å². The number of carbonyl (C=O) groups excluding carboxylic acids is 1. The summed E-state index contributed by atoms with van der Waals surface area (Å²) in [5.74, 6) is 0.636. The van der Waals surface area contributed by atoms with Crippen LogP contribution in [0.1, 0.15) is 16.2 Å². The molecule has 0 atom stereocenters. The minimum atomic E-state index is -0.187. The summed E-state index contributed by atoms with van der Waals surface area (Å²) in [6.07, 6.45) is 1.75. The van der Waals surface area contributed by atoms with E-state index in [0.29, 0.717) is 17.3 Å². The van der Waals surface area contributed by atoms with Gasteiger partial charge in [0.2, 0.25) is 11.7 Å². The first-order valence-corrected chi connectivity index (χ1v) is 8.45. The lowest BCUT2D eigenvalue weighted by Crippen LogP contribution is -2.22. The number of aryl methyl sites for hydroxylation is 1. The Morgan fingerprint density at radius 1 is 1.07 bits per heavy atom. The van der Waals surface area contributed by atoms with E-state index >= 15 is 0 Å². The first-order chi connectivity index (χ1) is 13.2. The highest BCUT2D eigenvalue weighted by atomic mass is 16.5. The lowest BCUT2D eigenvalue weighted by atomic mass is 10.1. The molecule has 0 bridgehead atoms. The average molecular weight is 359 g/mol. The number of aromatic nitrogens is 4. The minimum absolute atomic E-state index is 0.169. The smallest absolute Gasteiger partial charge is 0.251 e. The van der Waals surface area contributed by atoms with E-state index in [0.717, 1.165) is 16.8 Å². The van der Waals surface area contributed by atoms with Crippen LogP contribution in [0.15, 0.2) is 71.4 Å². The second-order valence-electron chi connectivity index (χ2n) is 5.98. The molecule has 0 saturated heterocycles. The van der Waals surface area contributed by atoms with E-state index in [1.807, 2.05) is 55.6 Å². The maximum atomic E-state index is 12.1. The second-order valence-corrected chi connectivity index (χ2v) is 5.98. The van der Waals surface area contributed by atoms with Crippen LogP contribution in [0, 0.1) is 0 Å². The summed E-state index contributed by atoms with van der Waals surface area (Å²) in [7, 11) is 1.89. The third-order valence-corrected chi connectivity index (χ3v) is 4.14. The summed E-state index contributed by atoms with van der Waals surface area (Å²) in [5, 5.41) is 11.0. The Morgan fingerprint density at radius 2 is 1.89 bits per heavy atom. The van der Waals surface area contributed by atoms with Crippen molar-refractivity contribution in [2.75, 3.05) is 0 Å².